The molecule has 1 aliphatic rings. The summed E-state index contributed by atoms with van der Waals surface area (Å²) in [5, 5.41) is 0. The molecule has 2 heterocycles. The first kappa shape index (κ1) is 21.2. The fraction of sp³-hybridized carbons (Fsp3) is 0.214. The number of benzene rings is 2. The van der Waals surface area contributed by atoms with E-state index in [0.29, 0.717) is 13.0 Å². The van der Waals surface area contributed by atoms with Gasteiger partial charge in [0.05, 0.1) is 0 Å². The third-order valence-electron chi connectivity index (χ3n) is 5.94. The van der Waals surface area contributed by atoms with Crippen molar-refractivity contribution in [2.75, 3.05) is 27.2 Å². The molecule has 0 fully saturated rings. The molecule has 5 rings (SSSR count). The van der Waals surface area contributed by atoms with E-state index in [-0.39, 0.29) is 5.78 Å². The maximum absolute atomic E-state index is 12.1. The van der Waals surface area contributed by atoms with Gasteiger partial charge in [0.15, 0.2) is 5.78 Å². The maximum Gasteiger partial charge on any atom is 0.163 e. The summed E-state index contributed by atoms with van der Waals surface area (Å²) in [5.41, 5.74) is 5.83. The number of aromatic nitrogens is 1. The number of ketones is 1. The Morgan fingerprint density at radius 2 is 1.76 bits per heavy atom. The SMILES string of the molecule is CN(C)CCOc1ccc(-c2cc(-c3cccnc3)c(-c3ccc4c(c3)CCC4=O)o2)cc1. The Morgan fingerprint density at radius 1 is 0.939 bits per heavy atom. The second kappa shape index (κ2) is 9.04. The summed E-state index contributed by atoms with van der Waals surface area (Å²) in [6.45, 7) is 1.51. The monoisotopic (exact) mass is 438 g/mol. The summed E-state index contributed by atoms with van der Waals surface area (Å²) in [6, 6.07) is 20.0. The van der Waals surface area contributed by atoms with E-state index in [0.717, 1.165) is 63.6 Å². The molecule has 0 radical (unpaired) electrons. The highest BCUT2D eigenvalue weighted by molar-refractivity contribution is 6.01. The summed E-state index contributed by atoms with van der Waals surface area (Å²) in [6.07, 6.45) is 4.98. The fourth-order valence-electron chi connectivity index (χ4n) is 4.14. The number of hydrogen-bond acceptors (Lipinski definition) is 5. The lowest BCUT2D eigenvalue weighted by atomic mass is 9.99. The van der Waals surface area contributed by atoms with Crippen LogP contribution < -0.4 is 4.74 Å². The highest BCUT2D eigenvalue weighted by atomic mass is 16.5. The third-order valence-corrected chi connectivity index (χ3v) is 5.94. The molecule has 2 aromatic heterocycles. The first-order chi connectivity index (χ1) is 16.1. The number of fused-ring (bicyclic) bond motifs is 1. The Hall–Kier alpha value is -3.70. The number of ether oxygens (including phenoxy) is 1. The van der Waals surface area contributed by atoms with Gasteiger partial charge in [-0.05, 0) is 68.5 Å². The number of Topliss-reactive ketones (excluding diaryl/α,β-unsaturated/α-hetero) is 1. The summed E-state index contributed by atoms with van der Waals surface area (Å²) in [7, 11) is 4.05. The van der Waals surface area contributed by atoms with Crippen LogP contribution >= 0.6 is 0 Å². The third kappa shape index (κ3) is 4.45. The topological polar surface area (TPSA) is 55.6 Å². The van der Waals surface area contributed by atoms with Crippen molar-refractivity contribution in [1.82, 2.24) is 9.88 Å². The molecule has 0 unspecified atom stereocenters. The minimum atomic E-state index is 0.219. The number of hydrogen-bond donors (Lipinski definition) is 0. The average molecular weight is 439 g/mol. The van der Waals surface area contributed by atoms with E-state index in [1.165, 1.54) is 0 Å². The second-order valence-corrected chi connectivity index (χ2v) is 8.57. The Balaban J connectivity index is 1.50. The maximum atomic E-state index is 12.1. The van der Waals surface area contributed by atoms with Crippen molar-refractivity contribution >= 4 is 5.78 Å². The fourth-order valence-corrected chi connectivity index (χ4v) is 4.14. The van der Waals surface area contributed by atoms with Gasteiger partial charge in [-0.15, -0.1) is 0 Å². The second-order valence-electron chi connectivity index (χ2n) is 8.57. The highest BCUT2D eigenvalue weighted by Crippen LogP contribution is 2.40. The van der Waals surface area contributed by atoms with Crippen LogP contribution in [0.15, 0.2) is 77.5 Å². The van der Waals surface area contributed by atoms with Crippen molar-refractivity contribution in [2.45, 2.75) is 12.8 Å². The van der Waals surface area contributed by atoms with Crippen molar-refractivity contribution in [2.24, 2.45) is 0 Å². The number of furan rings is 1. The van der Waals surface area contributed by atoms with Crippen LogP contribution in [0.1, 0.15) is 22.3 Å². The van der Waals surface area contributed by atoms with Crippen LogP contribution in [0.5, 0.6) is 5.75 Å². The molecule has 5 heteroatoms. The van der Waals surface area contributed by atoms with Gasteiger partial charge in [-0.25, -0.2) is 0 Å². The van der Waals surface area contributed by atoms with Gasteiger partial charge in [0.1, 0.15) is 23.9 Å². The van der Waals surface area contributed by atoms with Gasteiger partial charge in [-0.1, -0.05) is 18.2 Å². The van der Waals surface area contributed by atoms with Crippen molar-refractivity contribution in [3.05, 3.63) is 84.2 Å². The number of pyridine rings is 1. The van der Waals surface area contributed by atoms with E-state index in [4.69, 9.17) is 9.15 Å². The summed E-state index contributed by atoms with van der Waals surface area (Å²) in [4.78, 5) is 18.5. The van der Waals surface area contributed by atoms with Gasteiger partial charge < -0.3 is 14.1 Å². The summed E-state index contributed by atoms with van der Waals surface area (Å²) in [5.74, 6) is 2.62. The van der Waals surface area contributed by atoms with E-state index in [2.05, 4.69) is 22.0 Å². The molecular weight excluding hydrogens is 412 g/mol. The van der Waals surface area contributed by atoms with E-state index in [9.17, 15) is 4.79 Å². The Morgan fingerprint density at radius 3 is 2.52 bits per heavy atom. The summed E-state index contributed by atoms with van der Waals surface area (Å²) >= 11 is 0. The van der Waals surface area contributed by atoms with Crippen LogP contribution in [-0.2, 0) is 6.42 Å². The van der Waals surface area contributed by atoms with Crippen LogP contribution in [-0.4, -0.2) is 42.9 Å². The number of likely N-dealkylation sites (N-methyl/N-ethyl adjacent to an activating group) is 1. The molecule has 0 atom stereocenters. The minimum absolute atomic E-state index is 0.219. The van der Waals surface area contributed by atoms with Gasteiger partial charge in [-0.2, -0.15) is 0 Å². The lowest BCUT2D eigenvalue weighted by molar-refractivity contribution is 0.0994. The Bertz CT molecular complexity index is 1270. The number of carbonyl (C=O) groups excluding carboxylic acids is 1. The lowest BCUT2D eigenvalue weighted by Crippen LogP contribution is -2.19. The van der Waals surface area contributed by atoms with Gasteiger partial charge in [0.2, 0.25) is 0 Å². The van der Waals surface area contributed by atoms with Gasteiger partial charge in [-0.3, -0.25) is 9.78 Å². The molecule has 33 heavy (non-hydrogen) atoms. The molecule has 0 amide bonds. The Kier molecular flexibility index (Phi) is 5.80. The molecule has 0 aliphatic heterocycles. The zero-order valence-electron chi connectivity index (χ0n) is 18.9. The van der Waals surface area contributed by atoms with Crippen molar-refractivity contribution in [3.8, 4) is 39.5 Å². The van der Waals surface area contributed by atoms with E-state index >= 15 is 0 Å². The molecule has 1 aliphatic carbocycles. The van der Waals surface area contributed by atoms with Gasteiger partial charge in [0, 0.05) is 53.2 Å². The molecule has 0 N–H and O–H groups in total. The van der Waals surface area contributed by atoms with Crippen LogP contribution in [0.25, 0.3) is 33.8 Å². The van der Waals surface area contributed by atoms with Crippen LogP contribution in [0, 0.1) is 0 Å². The van der Waals surface area contributed by atoms with Crippen LogP contribution in [0.3, 0.4) is 0 Å². The van der Waals surface area contributed by atoms with Gasteiger partial charge in [0.25, 0.3) is 0 Å². The van der Waals surface area contributed by atoms with Crippen molar-refractivity contribution in [3.63, 3.8) is 0 Å². The molecule has 0 saturated heterocycles. The smallest absolute Gasteiger partial charge is 0.163 e. The first-order valence-electron chi connectivity index (χ1n) is 11.2. The molecule has 4 aromatic rings. The molecule has 166 valence electrons. The number of rotatable bonds is 7. The molecule has 0 spiro atoms. The number of nitrogens with zero attached hydrogens (tertiary/aromatic N) is 2. The predicted molar refractivity (Wildman–Crippen MR) is 130 cm³/mol. The van der Waals surface area contributed by atoms with E-state index in [1.54, 1.807) is 6.20 Å². The highest BCUT2D eigenvalue weighted by Gasteiger charge is 2.22. The molecule has 2 aromatic carbocycles. The van der Waals surface area contributed by atoms with Crippen molar-refractivity contribution in [1.29, 1.82) is 0 Å². The molecule has 0 bridgehead atoms. The minimum Gasteiger partial charge on any atom is -0.492 e. The van der Waals surface area contributed by atoms with Crippen LogP contribution in [0.4, 0.5) is 0 Å². The summed E-state index contributed by atoms with van der Waals surface area (Å²) < 4.78 is 12.2. The average Bonchev–Trinajstić information content (AvgIpc) is 3.44. The number of carbonyl (C=O) groups is 1. The standard InChI is InChI=1S/C28H26N2O3/c1-30(2)14-15-32-23-9-5-19(6-10-23)27-17-25(22-4-3-13-29-18-22)28(33-27)21-7-11-24-20(16-21)8-12-26(24)31/h3-7,9-11,13,16-18H,8,12,14-15H2,1-2H3. The van der Waals surface area contributed by atoms with Gasteiger partial charge >= 0.3 is 0 Å². The quantitative estimate of drug-likeness (QED) is 0.368. The predicted octanol–water partition coefficient (Wildman–Crippen LogP) is 5.74. The number of aryl methyl sites for hydroxylation is 1. The Labute approximate surface area is 193 Å². The normalized spacial score (nSPS) is 12.9. The van der Waals surface area contributed by atoms with Crippen molar-refractivity contribution < 1.29 is 13.9 Å². The molecular formula is C28H26N2O3. The zero-order chi connectivity index (χ0) is 22.8. The molecule has 0 saturated carbocycles. The van der Waals surface area contributed by atoms with Crippen LogP contribution in [0.2, 0.25) is 0 Å². The molecule has 5 nitrogen and oxygen atoms in total. The van der Waals surface area contributed by atoms with E-state index < -0.39 is 0 Å². The first-order valence-corrected chi connectivity index (χ1v) is 11.2. The lowest BCUT2D eigenvalue weighted by Gasteiger charge is -2.11. The zero-order valence-corrected chi connectivity index (χ0v) is 18.9. The largest absolute Gasteiger partial charge is 0.492 e. The van der Waals surface area contributed by atoms with E-state index in [1.807, 2.05) is 68.8 Å².